The van der Waals surface area contributed by atoms with Crippen molar-refractivity contribution in [1.82, 2.24) is 9.80 Å². The van der Waals surface area contributed by atoms with Crippen LogP contribution in [0.2, 0.25) is 0 Å². The second kappa shape index (κ2) is 7.88. The van der Waals surface area contributed by atoms with E-state index >= 15 is 0 Å². The maximum atomic E-state index is 12.8. The third-order valence-electron chi connectivity index (χ3n) is 4.95. The van der Waals surface area contributed by atoms with Crippen molar-refractivity contribution in [1.29, 1.82) is 0 Å². The largest absolute Gasteiger partial charge is 0.486 e. The van der Waals surface area contributed by atoms with E-state index in [2.05, 4.69) is 4.90 Å². The van der Waals surface area contributed by atoms with Gasteiger partial charge in [-0.25, -0.2) is 0 Å². The molecule has 2 aliphatic rings. The quantitative estimate of drug-likeness (QED) is 0.850. The van der Waals surface area contributed by atoms with Gasteiger partial charge in [0.1, 0.15) is 13.2 Å². The first-order valence-electron chi connectivity index (χ1n) is 9.03. The number of amides is 1. The fourth-order valence-corrected chi connectivity index (χ4v) is 3.50. The molecule has 2 aliphatic heterocycles. The van der Waals surface area contributed by atoms with E-state index in [0.717, 1.165) is 30.2 Å². The van der Waals surface area contributed by atoms with Gasteiger partial charge < -0.3 is 14.4 Å². The summed E-state index contributed by atoms with van der Waals surface area (Å²) in [6.07, 6.45) is 4.96. The normalized spacial score (nSPS) is 19.4. The van der Waals surface area contributed by atoms with Gasteiger partial charge in [0, 0.05) is 13.6 Å². The van der Waals surface area contributed by atoms with E-state index in [4.69, 9.17) is 9.47 Å². The lowest BCUT2D eigenvalue weighted by atomic mass is 10.1. The van der Waals surface area contributed by atoms with Gasteiger partial charge in [0.15, 0.2) is 11.5 Å². The van der Waals surface area contributed by atoms with Crippen molar-refractivity contribution in [2.24, 2.45) is 0 Å². The number of carbonyl (C=O) groups is 1. The van der Waals surface area contributed by atoms with Crippen LogP contribution in [-0.2, 0) is 11.3 Å². The van der Waals surface area contributed by atoms with Crippen LogP contribution in [-0.4, -0.2) is 55.1 Å². The Morgan fingerprint density at radius 3 is 2.50 bits per heavy atom. The number of hydrogen-bond donors (Lipinski definition) is 0. The van der Waals surface area contributed by atoms with Gasteiger partial charge >= 0.3 is 0 Å². The zero-order valence-corrected chi connectivity index (χ0v) is 14.8. The maximum absolute atomic E-state index is 12.8. The number of nitrogens with zero attached hydrogens (tertiary/aromatic N) is 2. The predicted octanol–water partition coefficient (Wildman–Crippen LogP) is 2.68. The SMILES string of the molecule is CC(C(=O)N(C)Cc1ccc2c(c1)OCCO2)N1CCCCCC1. The van der Waals surface area contributed by atoms with E-state index in [-0.39, 0.29) is 11.9 Å². The number of hydrogen-bond acceptors (Lipinski definition) is 4. The monoisotopic (exact) mass is 332 g/mol. The minimum absolute atomic E-state index is 0.0506. The molecule has 0 aromatic heterocycles. The molecule has 1 aromatic rings. The Bertz CT molecular complexity index is 568. The van der Waals surface area contributed by atoms with Gasteiger partial charge in [-0.1, -0.05) is 18.9 Å². The summed E-state index contributed by atoms with van der Waals surface area (Å²) in [6.45, 7) is 5.87. The fourth-order valence-electron chi connectivity index (χ4n) is 3.50. The minimum Gasteiger partial charge on any atom is -0.486 e. The molecule has 1 saturated heterocycles. The molecule has 0 bridgehead atoms. The molecule has 1 aromatic carbocycles. The predicted molar refractivity (Wildman–Crippen MR) is 93.4 cm³/mol. The second-order valence-corrected chi connectivity index (χ2v) is 6.80. The molecule has 0 aliphatic carbocycles. The van der Waals surface area contributed by atoms with E-state index in [9.17, 15) is 4.79 Å². The van der Waals surface area contributed by atoms with Crippen molar-refractivity contribution < 1.29 is 14.3 Å². The van der Waals surface area contributed by atoms with Crippen molar-refractivity contribution in [3.05, 3.63) is 23.8 Å². The molecule has 132 valence electrons. The second-order valence-electron chi connectivity index (χ2n) is 6.80. The number of ether oxygens (including phenoxy) is 2. The lowest BCUT2D eigenvalue weighted by Gasteiger charge is -2.30. The number of likely N-dealkylation sites (N-methyl/N-ethyl adjacent to an activating group) is 1. The van der Waals surface area contributed by atoms with Crippen LogP contribution >= 0.6 is 0 Å². The molecular weight excluding hydrogens is 304 g/mol. The molecule has 2 heterocycles. The van der Waals surface area contributed by atoms with Gasteiger partial charge in [0.2, 0.25) is 5.91 Å². The number of likely N-dealkylation sites (tertiary alicyclic amines) is 1. The minimum atomic E-state index is -0.0506. The van der Waals surface area contributed by atoms with Gasteiger partial charge in [-0.2, -0.15) is 0 Å². The van der Waals surface area contributed by atoms with Crippen LogP contribution in [0, 0.1) is 0 Å². The Balaban J connectivity index is 1.61. The summed E-state index contributed by atoms with van der Waals surface area (Å²) in [7, 11) is 1.88. The smallest absolute Gasteiger partial charge is 0.239 e. The van der Waals surface area contributed by atoms with Gasteiger partial charge in [-0.15, -0.1) is 0 Å². The molecule has 5 heteroatoms. The van der Waals surface area contributed by atoms with Crippen molar-refractivity contribution in [2.45, 2.75) is 45.2 Å². The highest BCUT2D eigenvalue weighted by Gasteiger charge is 2.25. The average Bonchev–Trinajstić information content (AvgIpc) is 2.89. The lowest BCUT2D eigenvalue weighted by molar-refractivity contribution is -0.135. The molecule has 0 saturated carbocycles. The van der Waals surface area contributed by atoms with Crippen molar-refractivity contribution in [3.63, 3.8) is 0 Å². The third kappa shape index (κ3) is 4.01. The zero-order chi connectivity index (χ0) is 16.9. The summed E-state index contributed by atoms with van der Waals surface area (Å²) in [5.74, 6) is 1.75. The van der Waals surface area contributed by atoms with E-state index < -0.39 is 0 Å². The van der Waals surface area contributed by atoms with Gasteiger partial charge in [-0.05, 0) is 50.6 Å². The van der Waals surface area contributed by atoms with E-state index in [0.29, 0.717) is 19.8 Å². The number of benzene rings is 1. The van der Waals surface area contributed by atoms with Crippen molar-refractivity contribution in [2.75, 3.05) is 33.4 Å². The molecule has 1 fully saturated rings. The summed E-state index contributed by atoms with van der Waals surface area (Å²) in [6, 6.07) is 5.87. The summed E-state index contributed by atoms with van der Waals surface area (Å²) in [5, 5.41) is 0. The number of rotatable bonds is 4. The van der Waals surface area contributed by atoms with Gasteiger partial charge in [0.05, 0.1) is 6.04 Å². The molecule has 0 N–H and O–H groups in total. The summed E-state index contributed by atoms with van der Waals surface area (Å²) in [5.41, 5.74) is 1.07. The van der Waals surface area contributed by atoms with E-state index in [1.54, 1.807) is 0 Å². The highest BCUT2D eigenvalue weighted by molar-refractivity contribution is 5.81. The Morgan fingerprint density at radius 2 is 1.79 bits per heavy atom. The molecule has 0 spiro atoms. The van der Waals surface area contributed by atoms with Crippen LogP contribution in [0.25, 0.3) is 0 Å². The standard InChI is InChI=1S/C19H28N2O3/c1-15(21-9-5-3-4-6-10-21)19(22)20(2)14-16-7-8-17-18(13-16)24-12-11-23-17/h7-8,13,15H,3-6,9-12,14H2,1-2H3. The maximum Gasteiger partial charge on any atom is 0.239 e. The topological polar surface area (TPSA) is 42.0 Å². The zero-order valence-electron chi connectivity index (χ0n) is 14.8. The van der Waals surface area contributed by atoms with E-state index in [1.807, 2.05) is 37.1 Å². The van der Waals surface area contributed by atoms with E-state index in [1.165, 1.54) is 25.7 Å². The molecular formula is C19H28N2O3. The Labute approximate surface area is 144 Å². The Hall–Kier alpha value is -1.75. The van der Waals surface area contributed by atoms with Crippen LogP contribution in [0.3, 0.4) is 0 Å². The van der Waals surface area contributed by atoms with Crippen LogP contribution < -0.4 is 9.47 Å². The van der Waals surface area contributed by atoms with Crippen LogP contribution in [0.5, 0.6) is 11.5 Å². The molecule has 1 atom stereocenters. The summed E-state index contributed by atoms with van der Waals surface area (Å²) >= 11 is 0. The van der Waals surface area contributed by atoms with Crippen LogP contribution in [0.4, 0.5) is 0 Å². The third-order valence-corrected chi connectivity index (χ3v) is 4.95. The summed E-state index contributed by atoms with van der Waals surface area (Å²) in [4.78, 5) is 16.9. The van der Waals surface area contributed by atoms with Crippen molar-refractivity contribution in [3.8, 4) is 11.5 Å². The summed E-state index contributed by atoms with van der Waals surface area (Å²) < 4.78 is 11.2. The Morgan fingerprint density at radius 1 is 1.12 bits per heavy atom. The van der Waals surface area contributed by atoms with Crippen LogP contribution in [0.15, 0.2) is 18.2 Å². The van der Waals surface area contributed by atoms with Gasteiger partial charge in [0.25, 0.3) is 0 Å². The fraction of sp³-hybridized carbons (Fsp3) is 0.632. The molecule has 3 rings (SSSR count). The molecule has 0 radical (unpaired) electrons. The first kappa shape index (κ1) is 17.1. The average molecular weight is 332 g/mol. The molecule has 1 amide bonds. The highest BCUT2D eigenvalue weighted by atomic mass is 16.6. The molecule has 5 nitrogen and oxygen atoms in total. The van der Waals surface area contributed by atoms with Crippen LogP contribution in [0.1, 0.15) is 38.2 Å². The lowest BCUT2D eigenvalue weighted by Crippen LogP contribution is -2.45. The van der Waals surface area contributed by atoms with Crippen molar-refractivity contribution >= 4 is 5.91 Å². The first-order valence-corrected chi connectivity index (χ1v) is 9.03. The number of fused-ring (bicyclic) bond motifs is 1. The van der Waals surface area contributed by atoms with Gasteiger partial charge in [-0.3, -0.25) is 9.69 Å². The first-order chi connectivity index (χ1) is 11.6. The Kier molecular flexibility index (Phi) is 5.61. The molecule has 24 heavy (non-hydrogen) atoms. The molecule has 1 unspecified atom stereocenters. The number of carbonyl (C=O) groups excluding carboxylic acids is 1. The highest BCUT2D eigenvalue weighted by Crippen LogP contribution is 2.31.